The Morgan fingerprint density at radius 1 is 1.17 bits per heavy atom. The quantitative estimate of drug-likeness (QED) is 0.713. The average molecular weight is 314 g/mol. The van der Waals surface area contributed by atoms with Crippen LogP contribution in [0.4, 0.5) is 0 Å². The summed E-state index contributed by atoms with van der Waals surface area (Å²) in [7, 11) is 0. The van der Waals surface area contributed by atoms with Gasteiger partial charge in [0.2, 0.25) is 0 Å². The molecule has 0 radical (unpaired) electrons. The zero-order valence-corrected chi connectivity index (χ0v) is 14.8. The maximum absolute atomic E-state index is 12.4. The molecule has 0 aromatic rings. The van der Waals surface area contributed by atoms with E-state index in [1.807, 2.05) is 0 Å². The van der Waals surface area contributed by atoms with E-state index >= 15 is 0 Å². The van der Waals surface area contributed by atoms with Gasteiger partial charge < -0.3 is 4.74 Å². The van der Waals surface area contributed by atoms with Crippen molar-refractivity contribution in [3.05, 3.63) is 23.5 Å². The van der Waals surface area contributed by atoms with E-state index in [-0.39, 0.29) is 11.5 Å². The molecular formula is C21H30O2. The lowest BCUT2D eigenvalue weighted by Gasteiger charge is -2.50. The van der Waals surface area contributed by atoms with E-state index < -0.39 is 0 Å². The first-order valence-electron chi connectivity index (χ1n) is 9.59. The third-order valence-corrected chi connectivity index (χ3v) is 7.19. The molecule has 0 saturated heterocycles. The fourth-order valence-electron chi connectivity index (χ4n) is 6.10. The second-order valence-corrected chi connectivity index (χ2v) is 8.71. The number of hydrogen-bond donors (Lipinski definition) is 0. The van der Waals surface area contributed by atoms with Crippen molar-refractivity contribution in [1.29, 1.82) is 0 Å². The number of fused-ring (bicyclic) bond motifs is 5. The van der Waals surface area contributed by atoms with Crippen LogP contribution in [0.15, 0.2) is 23.5 Å². The van der Waals surface area contributed by atoms with Gasteiger partial charge in [0.1, 0.15) is 5.78 Å². The van der Waals surface area contributed by atoms with Gasteiger partial charge in [0, 0.05) is 18.3 Å². The maximum Gasteiger partial charge on any atom is 0.139 e. The highest BCUT2D eigenvalue weighted by Gasteiger charge is 2.55. The van der Waals surface area contributed by atoms with E-state index in [0.29, 0.717) is 17.6 Å². The minimum Gasteiger partial charge on any atom is -0.495 e. The molecule has 4 rings (SSSR count). The first kappa shape index (κ1) is 15.5. The summed E-state index contributed by atoms with van der Waals surface area (Å²) in [6.45, 7) is 6.48. The Morgan fingerprint density at radius 3 is 2.78 bits per heavy atom. The van der Waals surface area contributed by atoms with Crippen LogP contribution in [0.3, 0.4) is 0 Å². The van der Waals surface area contributed by atoms with Crippen molar-refractivity contribution in [2.45, 2.75) is 71.8 Å². The summed E-state index contributed by atoms with van der Waals surface area (Å²) in [5, 5.41) is 0. The second kappa shape index (κ2) is 5.50. The topological polar surface area (TPSA) is 26.3 Å². The lowest BCUT2D eigenvalue weighted by Crippen LogP contribution is -2.45. The molecule has 5 atom stereocenters. The molecular weight excluding hydrogens is 284 g/mol. The van der Waals surface area contributed by atoms with Crippen LogP contribution in [0.1, 0.15) is 65.7 Å². The molecule has 2 nitrogen and oxygen atoms in total. The van der Waals surface area contributed by atoms with Gasteiger partial charge in [-0.15, -0.1) is 0 Å². The highest BCUT2D eigenvalue weighted by atomic mass is 16.5. The van der Waals surface area contributed by atoms with Gasteiger partial charge in [-0.1, -0.05) is 13.0 Å². The standard InChI is InChI=1S/C21H30O2/c1-13(2)23-15-5-7-16-14(12-15)4-6-18-17(16)10-11-21(3)19(18)8-9-20(21)22/h4,12-13,16-19H,5-11H2,1-3H3/t16-,17+,18+,19-,21-/m0/s1. The van der Waals surface area contributed by atoms with Gasteiger partial charge in [0.15, 0.2) is 0 Å². The Morgan fingerprint density at radius 2 is 2.00 bits per heavy atom. The first-order valence-corrected chi connectivity index (χ1v) is 9.59. The fraction of sp³-hybridized carbons (Fsp3) is 0.762. The lowest BCUT2D eigenvalue weighted by atomic mass is 9.53. The third-order valence-electron chi connectivity index (χ3n) is 7.19. The summed E-state index contributed by atoms with van der Waals surface area (Å²) in [5.41, 5.74) is 1.53. The number of Topliss-reactive ketones (excluding diaryl/α,β-unsaturated/α-hetero) is 1. The van der Waals surface area contributed by atoms with Crippen molar-refractivity contribution in [2.75, 3.05) is 0 Å². The maximum atomic E-state index is 12.4. The molecule has 4 aliphatic carbocycles. The Kier molecular flexibility index (Phi) is 3.70. The van der Waals surface area contributed by atoms with Crippen LogP contribution in [0, 0.1) is 29.1 Å². The molecule has 0 unspecified atom stereocenters. The smallest absolute Gasteiger partial charge is 0.139 e. The first-order chi connectivity index (χ1) is 11.0. The van der Waals surface area contributed by atoms with E-state index in [4.69, 9.17) is 4.74 Å². The molecule has 2 saturated carbocycles. The minimum absolute atomic E-state index is 0.00291. The van der Waals surface area contributed by atoms with Crippen molar-refractivity contribution in [2.24, 2.45) is 29.1 Å². The van der Waals surface area contributed by atoms with Gasteiger partial charge in [-0.3, -0.25) is 4.79 Å². The largest absolute Gasteiger partial charge is 0.495 e. The molecule has 0 bridgehead atoms. The SMILES string of the molecule is CC(C)OC1=CC2=CC[C@@H]3[C@H](CC[C@]4(C)C(=O)CC[C@@H]34)[C@H]2CC1. The van der Waals surface area contributed by atoms with Crippen molar-refractivity contribution in [3.8, 4) is 0 Å². The van der Waals surface area contributed by atoms with Gasteiger partial charge in [-0.2, -0.15) is 0 Å². The van der Waals surface area contributed by atoms with Crippen LogP contribution in [-0.4, -0.2) is 11.9 Å². The molecule has 2 fully saturated rings. The summed E-state index contributed by atoms with van der Waals surface area (Å²) in [6, 6.07) is 0. The number of ether oxygens (including phenoxy) is 1. The van der Waals surface area contributed by atoms with Gasteiger partial charge in [-0.25, -0.2) is 0 Å². The van der Waals surface area contributed by atoms with Crippen LogP contribution in [0.25, 0.3) is 0 Å². The Hall–Kier alpha value is -1.05. The zero-order chi connectivity index (χ0) is 16.2. The van der Waals surface area contributed by atoms with Gasteiger partial charge >= 0.3 is 0 Å². The van der Waals surface area contributed by atoms with E-state index in [1.54, 1.807) is 0 Å². The molecule has 0 aromatic carbocycles. The monoisotopic (exact) mass is 314 g/mol. The van der Waals surface area contributed by atoms with Crippen LogP contribution in [0.2, 0.25) is 0 Å². The molecule has 0 amide bonds. The molecule has 23 heavy (non-hydrogen) atoms. The molecule has 4 aliphatic rings. The number of hydrogen-bond acceptors (Lipinski definition) is 2. The Bertz CT molecular complexity index is 570. The van der Waals surface area contributed by atoms with Crippen LogP contribution >= 0.6 is 0 Å². The van der Waals surface area contributed by atoms with E-state index in [2.05, 4.69) is 32.9 Å². The molecule has 0 heterocycles. The fourth-order valence-corrected chi connectivity index (χ4v) is 6.10. The van der Waals surface area contributed by atoms with Crippen LogP contribution in [-0.2, 0) is 9.53 Å². The number of allylic oxidation sites excluding steroid dienone is 4. The lowest BCUT2D eigenvalue weighted by molar-refractivity contribution is -0.130. The highest BCUT2D eigenvalue weighted by molar-refractivity contribution is 5.87. The van der Waals surface area contributed by atoms with E-state index in [9.17, 15) is 4.79 Å². The molecule has 126 valence electrons. The number of rotatable bonds is 2. The van der Waals surface area contributed by atoms with Gasteiger partial charge in [0.25, 0.3) is 0 Å². The molecule has 0 N–H and O–H groups in total. The van der Waals surface area contributed by atoms with Crippen LogP contribution in [0.5, 0.6) is 0 Å². The number of carbonyl (C=O) groups is 1. The summed E-state index contributed by atoms with van der Waals surface area (Å²) >= 11 is 0. The number of ketones is 1. The average Bonchev–Trinajstić information content (AvgIpc) is 2.82. The second-order valence-electron chi connectivity index (χ2n) is 8.71. The number of carbonyl (C=O) groups excluding carboxylic acids is 1. The van der Waals surface area contributed by atoms with Gasteiger partial charge in [0.05, 0.1) is 11.9 Å². The summed E-state index contributed by atoms with van der Waals surface area (Å²) in [6.07, 6.45) is 12.9. The third kappa shape index (κ3) is 2.40. The molecule has 2 heteroatoms. The van der Waals surface area contributed by atoms with Crippen molar-refractivity contribution >= 4 is 5.78 Å². The normalized spacial score (nSPS) is 42.5. The summed E-state index contributed by atoms with van der Waals surface area (Å²) < 4.78 is 5.95. The molecule has 0 aliphatic heterocycles. The molecule has 0 spiro atoms. The summed E-state index contributed by atoms with van der Waals surface area (Å²) in [4.78, 5) is 12.4. The predicted molar refractivity (Wildman–Crippen MR) is 91.8 cm³/mol. The summed E-state index contributed by atoms with van der Waals surface area (Å²) in [5.74, 6) is 4.63. The van der Waals surface area contributed by atoms with E-state index in [1.165, 1.54) is 30.6 Å². The van der Waals surface area contributed by atoms with Crippen molar-refractivity contribution in [3.63, 3.8) is 0 Å². The van der Waals surface area contributed by atoms with Crippen molar-refractivity contribution < 1.29 is 9.53 Å². The predicted octanol–water partition coefficient (Wildman–Crippen LogP) is 5.05. The Balaban J connectivity index is 1.58. The van der Waals surface area contributed by atoms with Crippen molar-refractivity contribution in [1.82, 2.24) is 0 Å². The minimum atomic E-state index is 0.00291. The van der Waals surface area contributed by atoms with Crippen LogP contribution < -0.4 is 0 Å². The van der Waals surface area contributed by atoms with Gasteiger partial charge in [-0.05, 0) is 81.3 Å². The van der Waals surface area contributed by atoms with E-state index in [0.717, 1.165) is 37.5 Å². The highest BCUT2D eigenvalue weighted by Crippen LogP contribution is 2.59. The Labute approximate surface area is 140 Å². The zero-order valence-electron chi connectivity index (χ0n) is 14.8. The molecule has 0 aromatic heterocycles.